The van der Waals surface area contributed by atoms with Crippen molar-refractivity contribution in [3.8, 4) is 34.4 Å². The van der Waals surface area contributed by atoms with E-state index in [2.05, 4.69) is 68.8 Å². The van der Waals surface area contributed by atoms with Gasteiger partial charge in [-0.25, -0.2) is 9.48 Å². The zero-order chi connectivity index (χ0) is 25.2. The minimum absolute atomic E-state index is 0.106. The fourth-order valence-corrected chi connectivity index (χ4v) is 4.33. The molecule has 4 rings (SSSR count). The molecule has 2 aromatic carbocycles. The minimum atomic E-state index is -0.106. The summed E-state index contributed by atoms with van der Waals surface area (Å²) >= 11 is 0. The topological polar surface area (TPSA) is 94.3 Å². The molecule has 0 atom stereocenters. The molecule has 0 amide bonds. The van der Waals surface area contributed by atoms with Gasteiger partial charge in [-0.15, -0.1) is 16.1 Å². The first-order valence-electron chi connectivity index (χ1n) is 12.7. The van der Waals surface area contributed by atoms with Gasteiger partial charge in [0, 0.05) is 12.0 Å². The zero-order valence-corrected chi connectivity index (χ0v) is 21.1. The van der Waals surface area contributed by atoms with Crippen LogP contribution in [0.25, 0.3) is 22.5 Å². The molecule has 4 aromatic rings. The van der Waals surface area contributed by atoms with Crippen LogP contribution >= 0.6 is 0 Å². The molecular formula is C28H33N7O. The molecule has 0 bridgehead atoms. The van der Waals surface area contributed by atoms with E-state index in [4.69, 9.17) is 0 Å². The van der Waals surface area contributed by atoms with Gasteiger partial charge < -0.3 is 0 Å². The second-order valence-corrected chi connectivity index (χ2v) is 8.87. The molecule has 1 N–H and O–H groups in total. The molecule has 0 spiro atoms. The lowest BCUT2D eigenvalue weighted by atomic mass is 9.98. The van der Waals surface area contributed by atoms with Gasteiger partial charge in [-0.1, -0.05) is 93.5 Å². The van der Waals surface area contributed by atoms with Gasteiger partial charge in [-0.05, 0) is 35.2 Å². The lowest BCUT2D eigenvalue weighted by molar-refractivity contribution is 0.587. The van der Waals surface area contributed by atoms with Gasteiger partial charge >= 0.3 is 5.69 Å². The summed E-state index contributed by atoms with van der Waals surface area (Å²) < 4.78 is 3.28. The first-order chi connectivity index (χ1) is 17.7. The summed E-state index contributed by atoms with van der Waals surface area (Å²) in [6.45, 7) is 4.80. The van der Waals surface area contributed by atoms with E-state index in [0.717, 1.165) is 47.3 Å². The summed E-state index contributed by atoms with van der Waals surface area (Å²) in [5.74, 6) is 7.21. The largest absolute Gasteiger partial charge is 0.347 e. The number of unbranched alkanes of at least 4 members (excludes halogenated alkanes) is 5. The molecule has 0 radical (unpaired) electrons. The summed E-state index contributed by atoms with van der Waals surface area (Å²) in [6, 6.07) is 16.2. The molecule has 2 heterocycles. The lowest BCUT2D eigenvalue weighted by Crippen LogP contribution is -2.25. The van der Waals surface area contributed by atoms with E-state index >= 15 is 0 Å². The van der Waals surface area contributed by atoms with Crippen LogP contribution in [0, 0.1) is 11.8 Å². The Morgan fingerprint density at radius 2 is 1.69 bits per heavy atom. The van der Waals surface area contributed by atoms with Crippen molar-refractivity contribution >= 4 is 0 Å². The van der Waals surface area contributed by atoms with Crippen molar-refractivity contribution in [2.75, 3.05) is 0 Å². The highest BCUT2D eigenvalue weighted by Gasteiger charge is 2.14. The predicted octanol–water partition coefficient (Wildman–Crippen LogP) is 4.87. The number of nitrogens with zero attached hydrogens (tertiary/aromatic N) is 6. The van der Waals surface area contributed by atoms with E-state index < -0.39 is 0 Å². The highest BCUT2D eigenvalue weighted by Crippen LogP contribution is 2.29. The number of aryl methyl sites for hydroxylation is 1. The number of hydrogen-bond acceptors (Lipinski definition) is 5. The summed E-state index contributed by atoms with van der Waals surface area (Å²) in [6.07, 6.45) is 8.01. The lowest BCUT2D eigenvalue weighted by Gasteiger charge is -2.09. The SMILES string of the molecule is CC#CCn1nc(CCCCCCCC)n(Cc2ccc(-c3ccccc3-c3nn[nH]n3)cc2)c1=O. The number of tetrazole rings is 1. The molecule has 186 valence electrons. The van der Waals surface area contributed by atoms with Crippen LogP contribution in [0.3, 0.4) is 0 Å². The van der Waals surface area contributed by atoms with Crippen LogP contribution in [0.2, 0.25) is 0 Å². The van der Waals surface area contributed by atoms with Crippen molar-refractivity contribution in [1.29, 1.82) is 0 Å². The van der Waals surface area contributed by atoms with Gasteiger partial charge in [-0.2, -0.15) is 10.3 Å². The van der Waals surface area contributed by atoms with Crippen molar-refractivity contribution in [1.82, 2.24) is 35.0 Å². The maximum absolute atomic E-state index is 13.1. The molecule has 36 heavy (non-hydrogen) atoms. The molecule has 0 saturated carbocycles. The van der Waals surface area contributed by atoms with E-state index in [1.165, 1.54) is 30.4 Å². The van der Waals surface area contributed by atoms with E-state index in [-0.39, 0.29) is 5.69 Å². The Balaban J connectivity index is 1.53. The van der Waals surface area contributed by atoms with Crippen molar-refractivity contribution in [3.63, 3.8) is 0 Å². The summed E-state index contributed by atoms with van der Waals surface area (Å²) in [7, 11) is 0. The second kappa shape index (κ2) is 12.6. The number of aromatic amines is 1. The van der Waals surface area contributed by atoms with Crippen LogP contribution in [0.5, 0.6) is 0 Å². The Kier molecular flexibility index (Phi) is 8.82. The number of H-pyrrole nitrogens is 1. The average Bonchev–Trinajstić information content (AvgIpc) is 3.55. The first kappa shape index (κ1) is 25.1. The van der Waals surface area contributed by atoms with Crippen molar-refractivity contribution in [2.45, 2.75) is 71.9 Å². The normalized spacial score (nSPS) is 10.8. The molecule has 0 aliphatic carbocycles. The van der Waals surface area contributed by atoms with E-state index in [1.54, 1.807) is 11.5 Å². The Labute approximate surface area is 211 Å². The molecule has 0 fully saturated rings. The first-order valence-corrected chi connectivity index (χ1v) is 12.7. The Bertz CT molecular complexity index is 1360. The Morgan fingerprint density at radius 1 is 0.944 bits per heavy atom. The summed E-state index contributed by atoms with van der Waals surface area (Å²) in [5.41, 5.74) is 3.92. The van der Waals surface area contributed by atoms with E-state index in [9.17, 15) is 4.79 Å². The van der Waals surface area contributed by atoms with Gasteiger partial charge in [-0.3, -0.25) is 4.57 Å². The fraction of sp³-hybridized carbons (Fsp3) is 0.393. The number of nitrogens with one attached hydrogen (secondary N) is 1. The Morgan fingerprint density at radius 3 is 2.42 bits per heavy atom. The maximum atomic E-state index is 13.1. The van der Waals surface area contributed by atoms with Crippen molar-refractivity contribution < 1.29 is 0 Å². The van der Waals surface area contributed by atoms with Gasteiger partial charge in [0.05, 0.1) is 6.54 Å². The molecule has 0 aliphatic rings. The number of aromatic nitrogens is 7. The summed E-state index contributed by atoms with van der Waals surface area (Å²) in [4.78, 5) is 13.1. The molecular weight excluding hydrogens is 450 g/mol. The maximum Gasteiger partial charge on any atom is 0.347 e. The van der Waals surface area contributed by atoms with Crippen LogP contribution in [-0.4, -0.2) is 35.0 Å². The number of rotatable bonds is 12. The number of benzene rings is 2. The minimum Gasteiger partial charge on any atom is -0.274 e. The standard InChI is InChI=1S/C28H33N7O/c1-3-5-7-8-9-10-15-26-31-35(20-6-4-2)28(36)34(26)21-22-16-18-23(19-17-22)24-13-11-12-14-25(24)27-29-32-33-30-27/h11-14,16-19H,3,5,7-10,15,20-21H2,1-2H3,(H,29,30,32,33). The Hall–Kier alpha value is -3.99. The molecule has 2 aromatic heterocycles. The van der Waals surface area contributed by atoms with Crippen LogP contribution in [0.15, 0.2) is 53.3 Å². The quantitative estimate of drug-likeness (QED) is 0.229. The second-order valence-electron chi connectivity index (χ2n) is 8.87. The van der Waals surface area contributed by atoms with Gasteiger partial charge in [0.25, 0.3) is 0 Å². The summed E-state index contributed by atoms with van der Waals surface area (Å²) in [5, 5.41) is 19.1. The zero-order valence-electron chi connectivity index (χ0n) is 21.1. The molecule has 8 heteroatoms. The van der Waals surface area contributed by atoms with Gasteiger partial charge in [0.1, 0.15) is 12.4 Å². The fourth-order valence-electron chi connectivity index (χ4n) is 4.33. The van der Waals surface area contributed by atoms with Crippen molar-refractivity contribution in [3.05, 3.63) is 70.4 Å². The monoisotopic (exact) mass is 483 g/mol. The molecule has 8 nitrogen and oxygen atoms in total. The third kappa shape index (κ3) is 6.16. The molecule has 0 aliphatic heterocycles. The third-order valence-electron chi connectivity index (χ3n) is 6.28. The van der Waals surface area contributed by atoms with Crippen LogP contribution < -0.4 is 5.69 Å². The van der Waals surface area contributed by atoms with Crippen LogP contribution in [0.1, 0.15) is 63.8 Å². The molecule has 0 unspecified atom stereocenters. The van der Waals surface area contributed by atoms with E-state index in [0.29, 0.717) is 18.9 Å². The van der Waals surface area contributed by atoms with Gasteiger partial charge in [0.15, 0.2) is 0 Å². The van der Waals surface area contributed by atoms with Crippen molar-refractivity contribution in [2.24, 2.45) is 0 Å². The molecule has 0 saturated heterocycles. The third-order valence-corrected chi connectivity index (χ3v) is 6.28. The number of hydrogen-bond donors (Lipinski definition) is 1. The van der Waals surface area contributed by atoms with Gasteiger partial charge in [0.2, 0.25) is 5.82 Å². The van der Waals surface area contributed by atoms with Crippen LogP contribution in [0.4, 0.5) is 0 Å². The van der Waals surface area contributed by atoms with E-state index in [1.807, 2.05) is 24.3 Å². The van der Waals surface area contributed by atoms with Crippen LogP contribution in [-0.2, 0) is 19.5 Å². The highest BCUT2D eigenvalue weighted by atomic mass is 16.2. The predicted molar refractivity (Wildman–Crippen MR) is 141 cm³/mol. The average molecular weight is 484 g/mol. The highest BCUT2D eigenvalue weighted by molar-refractivity contribution is 5.80. The smallest absolute Gasteiger partial charge is 0.274 e.